The third-order valence-corrected chi connectivity index (χ3v) is 6.12. The first-order valence-corrected chi connectivity index (χ1v) is 12.1. The van der Waals surface area contributed by atoms with E-state index in [4.69, 9.17) is 4.74 Å². The zero-order valence-electron chi connectivity index (χ0n) is 19.5. The molecule has 5 rings (SSSR count). The molecule has 0 aliphatic rings. The Labute approximate surface area is 223 Å². The van der Waals surface area contributed by atoms with Gasteiger partial charge >= 0.3 is 11.7 Å². The third-order valence-electron chi connectivity index (χ3n) is 5.59. The van der Waals surface area contributed by atoms with Crippen molar-refractivity contribution < 1.29 is 14.5 Å². The number of benzene rings is 4. The van der Waals surface area contributed by atoms with Crippen molar-refractivity contribution in [2.24, 2.45) is 5.10 Å². The SMILES string of the molecule is O=C(Oc1c(C=Nn2c(-c3ccccc3)nc3ccccc3c2=O)cccc1[N+](=O)[O-])c1ccc(Br)cc1. The first-order chi connectivity index (χ1) is 18.4. The molecule has 0 saturated heterocycles. The highest BCUT2D eigenvalue weighted by molar-refractivity contribution is 9.10. The molecule has 0 N–H and O–H groups in total. The fraction of sp³-hybridized carbons (Fsp3) is 0. The third kappa shape index (κ3) is 4.97. The number of aromatic nitrogens is 2. The highest BCUT2D eigenvalue weighted by Gasteiger charge is 2.22. The molecule has 9 nitrogen and oxygen atoms in total. The van der Waals surface area contributed by atoms with Gasteiger partial charge in [0.25, 0.3) is 5.56 Å². The number of para-hydroxylation sites is 2. The molecule has 38 heavy (non-hydrogen) atoms. The van der Waals surface area contributed by atoms with E-state index in [-0.39, 0.29) is 22.7 Å². The van der Waals surface area contributed by atoms with Crippen molar-refractivity contribution in [3.05, 3.63) is 133 Å². The van der Waals surface area contributed by atoms with E-state index in [1.54, 1.807) is 48.5 Å². The van der Waals surface area contributed by atoms with E-state index >= 15 is 0 Å². The summed E-state index contributed by atoms with van der Waals surface area (Å²) in [5.41, 5.74) is 0.631. The van der Waals surface area contributed by atoms with Crippen LogP contribution in [0.4, 0.5) is 5.69 Å². The summed E-state index contributed by atoms with van der Waals surface area (Å²) in [6.45, 7) is 0. The highest BCUT2D eigenvalue weighted by Crippen LogP contribution is 2.31. The van der Waals surface area contributed by atoms with Crippen LogP contribution in [0, 0.1) is 10.1 Å². The second kappa shape index (κ2) is 10.6. The van der Waals surface area contributed by atoms with Gasteiger partial charge in [-0.2, -0.15) is 9.78 Å². The van der Waals surface area contributed by atoms with E-state index in [0.717, 1.165) is 9.15 Å². The lowest BCUT2D eigenvalue weighted by atomic mass is 10.1. The molecule has 10 heteroatoms. The Morgan fingerprint density at radius 1 is 0.947 bits per heavy atom. The van der Waals surface area contributed by atoms with Crippen LogP contribution in [0.5, 0.6) is 5.75 Å². The molecule has 0 bridgehead atoms. The minimum absolute atomic E-state index is 0.128. The number of fused-ring (bicyclic) bond motifs is 1. The fourth-order valence-corrected chi connectivity index (χ4v) is 4.03. The number of nitro groups is 1. The van der Waals surface area contributed by atoms with E-state index in [9.17, 15) is 19.7 Å². The lowest BCUT2D eigenvalue weighted by Crippen LogP contribution is -2.20. The maximum atomic E-state index is 13.4. The maximum Gasteiger partial charge on any atom is 0.343 e. The summed E-state index contributed by atoms with van der Waals surface area (Å²) in [5, 5.41) is 16.5. The summed E-state index contributed by atoms with van der Waals surface area (Å²) < 4.78 is 7.36. The lowest BCUT2D eigenvalue weighted by Gasteiger charge is -2.10. The molecule has 186 valence electrons. The predicted molar refractivity (Wildman–Crippen MR) is 147 cm³/mol. The van der Waals surface area contributed by atoms with Crippen LogP contribution in [0.2, 0.25) is 0 Å². The molecule has 0 spiro atoms. The Morgan fingerprint density at radius 3 is 2.39 bits per heavy atom. The minimum Gasteiger partial charge on any atom is -0.415 e. The van der Waals surface area contributed by atoms with E-state index in [1.807, 2.05) is 18.2 Å². The average Bonchev–Trinajstić information content (AvgIpc) is 2.93. The number of hydrogen-bond donors (Lipinski definition) is 0. The molecule has 1 heterocycles. The highest BCUT2D eigenvalue weighted by atomic mass is 79.9. The van der Waals surface area contributed by atoms with Crippen molar-refractivity contribution >= 4 is 44.7 Å². The van der Waals surface area contributed by atoms with Gasteiger partial charge in [0, 0.05) is 21.7 Å². The Hall–Kier alpha value is -4.96. The number of carbonyl (C=O) groups excluding carboxylic acids is 1. The number of nitro benzene ring substituents is 1. The summed E-state index contributed by atoms with van der Waals surface area (Å²) in [6, 6.07) is 26.5. The van der Waals surface area contributed by atoms with Gasteiger partial charge in [-0.15, -0.1) is 0 Å². The first-order valence-electron chi connectivity index (χ1n) is 11.3. The number of esters is 1. The van der Waals surface area contributed by atoms with Gasteiger partial charge in [-0.1, -0.05) is 64.5 Å². The first kappa shape index (κ1) is 24.7. The van der Waals surface area contributed by atoms with E-state index in [2.05, 4.69) is 26.0 Å². The van der Waals surface area contributed by atoms with Crippen molar-refractivity contribution in [1.29, 1.82) is 0 Å². The number of halogens is 1. The number of rotatable bonds is 6. The zero-order chi connectivity index (χ0) is 26.6. The summed E-state index contributed by atoms with van der Waals surface area (Å²) in [5.74, 6) is -0.794. The molecular weight excluding hydrogens is 552 g/mol. The Bertz CT molecular complexity index is 1770. The number of ether oxygens (including phenoxy) is 1. The Kier molecular flexibility index (Phi) is 6.88. The van der Waals surface area contributed by atoms with Gasteiger partial charge in [-0.25, -0.2) is 9.78 Å². The van der Waals surface area contributed by atoms with Crippen LogP contribution in [0.1, 0.15) is 15.9 Å². The van der Waals surface area contributed by atoms with Crippen LogP contribution in [-0.4, -0.2) is 26.8 Å². The number of carbonyl (C=O) groups is 1. The summed E-state index contributed by atoms with van der Waals surface area (Å²) in [6.07, 6.45) is 1.24. The predicted octanol–water partition coefficient (Wildman–Crippen LogP) is 5.84. The number of hydrogen-bond acceptors (Lipinski definition) is 7. The minimum atomic E-state index is -0.782. The number of nitrogens with zero attached hydrogens (tertiary/aromatic N) is 4. The van der Waals surface area contributed by atoms with Crippen LogP contribution < -0.4 is 10.3 Å². The van der Waals surface area contributed by atoms with Gasteiger partial charge in [-0.05, 0) is 42.5 Å². The Balaban J connectivity index is 1.63. The standard InChI is InChI=1S/C28H17BrN4O5/c29-21-15-13-19(14-16-21)28(35)38-25-20(9-6-12-24(25)33(36)37)17-30-32-26(18-7-2-1-3-8-18)31-23-11-5-4-10-22(23)27(32)34/h1-17H. The second-order valence-corrected chi connectivity index (χ2v) is 8.94. The van der Waals surface area contributed by atoms with Crippen LogP contribution in [-0.2, 0) is 0 Å². The fourth-order valence-electron chi connectivity index (χ4n) is 3.76. The molecule has 5 aromatic rings. The van der Waals surface area contributed by atoms with E-state index < -0.39 is 22.1 Å². The van der Waals surface area contributed by atoms with Crippen molar-refractivity contribution in [3.8, 4) is 17.1 Å². The smallest absolute Gasteiger partial charge is 0.343 e. The van der Waals surface area contributed by atoms with Gasteiger partial charge in [0.1, 0.15) is 0 Å². The van der Waals surface area contributed by atoms with Gasteiger partial charge in [-0.3, -0.25) is 14.9 Å². The molecule has 0 unspecified atom stereocenters. The van der Waals surface area contributed by atoms with Crippen LogP contribution in [0.3, 0.4) is 0 Å². The maximum absolute atomic E-state index is 13.4. The largest absolute Gasteiger partial charge is 0.415 e. The van der Waals surface area contributed by atoms with Crippen molar-refractivity contribution in [2.45, 2.75) is 0 Å². The van der Waals surface area contributed by atoms with Crippen molar-refractivity contribution in [1.82, 2.24) is 9.66 Å². The van der Waals surface area contributed by atoms with Crippen molar-refractivity contribution in [2.75, 3.05) is 0 Å². The zero-order valence-corrected chi connectivity index (χ0v) is 21.1. The molecule has 0 amide bonds. The molecule has 0 aliphatic heterocycles. The van der Waals surface area contributed by atoms with Gasteiger partial charge in [0.15, 0.2) is 5.82 Å². The molecular formula is C28H17BrN4O5. The van der Waals surface area contributed by atoms with Gasteiger partial charge < -0.3 is 4.74 Å². The molecule has 0 aliphatic carbocycles. The van der Waals surface area contributed by atoms with Crippen LogP contribution >= 0.6 is 15.9 Å². The van der Waals surface area contributed by atoms with Crippen LogP contribution in [0.15, 0.2) is 111 Å². The molecule has 0 saturated carbocycles. The molecule has 0 radical (unpaired) electrons. The molecule has 0 atom stereocenters. The quantitative estimate of drug-likeness (QED) is 0.0835. The van der Waals surface area contributed by atoms with Crippen LogP contribution in [0.25, 0.3) is 22.3 Å². The topological polar surface area (TPSA) is 117 Å². The monoisotopic (exact) mass is 568 g/mol. The normalized spacial score (nSPS) is 11.1. The van der Waals surface area contributed by atoms with Gasteiger partial charge in [0.05, 0.1) is 27.6 Å². The summed E-state index contributed by atoms with van der Waals surface area (Å²) >= 11 is 3.30. The summed E-state index contributed by atoms with van der Waals surface area (Å²) in [4.78, 5) is 41.9. The van der Waals surface area contributed by atoms with E-state index in [1.165, 1.54) is 36.5 Å². The Morgan fingerprint density at radius 2 is 1.66 bits per heavy atom. The van der Waals surface area contributed by atoms with E-state index in [0.29, 0.717) is 16.5 Å². The molecule has 0 fully saturated rings. The van der Waals surface area contributed by atoms with Gasteiger partial charge in [0.2, 0.25) is 5.75 Å². The van der Waals surface area contributed by atoms with Crippen molar-refractivity contribution in [3.63, 3.8) is 0 Å². The second-order valence-electron chi connectivity index (χ2n) is 8.03. The lowest BCUT2D eigenvalue weighted by molar-refractivity contribution is -0.385. The molecule has 1 aromatic heterocycles. The molecule has 4 aromatic carbocycles. The summed E-state index contributed by atoms with van der Waals surface area (Å²) in [7, 11) is 0. The average molecular weight is 569 g/mol.